The molecule has 1 aromatic rings. The van der Waals surface area contributed by atoms with Crippen LogP contribution in [0.1, 0.15) is 18.7 Å². The first-order valence-electron chi connectivity index (χ1n) is 6.17. The van der Waals surface area contributed by atoms with Crippen molar-refractivity contribution in [2.45, 2.75) is 25.8 Å². The summed E-state index contributed by atoms with van der Waals surface area (Å²) in [6, 6.07) is 2.58. The zero-order valence-corrected chi connectivity index (χ0v) is 10.8. The predicted octanol–water partition coefficient (Wildman–Crippen LogP) is 1.01. The highest BCUT2D eigenvalue weighted by atomic mass is 15.2. The zero-order chi connectivity index (χ0) is 12.3. The molecule has 1 fully saturated rings. The first kappa shape index (κ1) is 12.1. The summed E-state index contributed by atoms with van der Waals surface area (Å²) in [5.74, 6) is 2.66. The second kappa shape index (κ2) is 5.31. The third-order valence-corrected chi connectivity index (χ3v) is 3.13. The van der Waals surface area contributed by atoms with Gasteiger partial charge in [-0.3, -0.25) is 0 Å². The maximum Gasteiger partial charge on any atom is 0.134 e. The molecule has 0 aromatic carbocycles. The molecule has 1 saturated heterocycles. The van der Waals surface area contributed by atoms with Crippen molar-refractivity contribution in [2.24, 2.45) is 0 Å². The van der Waals surface area contributed by atoms with E-state index >= 15 is 0 Å². The molecule has 1 aliphatic heterocycles. The van der Waals surface area contributed by atoms with E-state index in [4.69, 9.17) is 0 Å². The Labute approximate surface area is 103 Å². The van der Waals surface area contributed by atoms with Crippen LogP contribution in [0.15, 0.2) is 6.07 Å². The van der Waals surface area contributed by atoms with Crippen LogP contribution >= 0.6 is 0 Å². The van der Waals surface area contributed by atoms with Crippen molar-refractivity contribution in [3.63, 3.8) is 0 Å². The van der Waals surface area contributed by atoms with Crippen LogP contribution in [-0.4, -0.2) is 43.2 Å². The standard InChI is InChI=1S/C12H21N5/c1-9-15-11(13-2)7-12(16-9)17(3)8-10-5-4-6-14-10/h7,10,14H,4-6,8H2,1-3H3,(H,13,15,16). The lowest BCUT2D eigenvalue weighted by molar-refractivity contribution is 0.597. The lowest BCUT2D eigenvalue weighted by Crippen LogP contribution is -2.35. The van der Waals surface area contributed by atoms with Crippen LogP contribution in [-0.2, 0) is 0 Å². The molecule has 0 bridgehead atoms. The minimum atomic E-state index is 0.591. The van der Waals surface area contributed by atoms with E-state index in [1.807, 2.05) is 20.0 Å². The third-order valence-electron chi connectivity index (χ3n) is 3.13. The van der Waals surface area contributed by atoms with Gasteiger partial charge < -0.3 is 15.5 Å². The molecule has 2 rings (SSSR count). The van der Waals surface area contributed by atoms with Gasteiger partial charge in [-0.15, -0.1) is 0 Å². The molecule has 5 nitrogen and oxygen atoms in total. The minimum Gasteiger partial charge on any atom is -0.373 e. The van der Waals surface area contributed by atoms with Crippen LogP contribution in [0.4, 0.5) is 11.6 Å². The molecule has 0 amide bonds. The van der Waals surface area contributed by atoms with E-state index in [1.54, 1.807) is 0 Å². The van der Waals surface area contributed by atoms with Crippen LogP contribution in [0, 0.1) is 6.92 Å². The minimum absolute atomic E-state index is 0.591. The van der Waals surface area contributed by atoms with Crippen molar-refractivity contribution in [2.75, 3.05) is 37.4 Å². The zero-order valence-electron chi connectivity index (χ0n) is 10.8. The lowest BCUT2D eigenvalue weighted by Gasteiger charge is -2.22. The molecule has 1 aromatic heterocycles. The van der Waals surface area contributed by atoms with Gasteiger partial charge in [-0.05, 0) is 26.3 Å². The number of aryl methyl sites for hydroxylation is 1. The lowest BCUT2D eigenvalue weighted by atomic mass is 10.2. The number of rotatable bonds is 4. The van der Waals surface area contributed by atoms with Crippen molar-refractivity contribution < 1.29 is 0 Å². The molecule has 0 aliphatic carbocycles. The second-order valence-electron chi connectivity index (χ2n) is 4.58. The Kier molecular flexibility index (Phi) is 3.78. The molecule has 0 radical (unpaired) electrons. The van der Waals surface area contributed by atoms with Gasteiger partial charge in [-0.25, -0.2) is 9.97 Å². The Hall–Kier alpha value is -1.36. The highest BCUT2D eigenvalue weighted by Crippen LogP contribution is 2.16. The maximum absolute atomic E-state index is 4.47. The second-order valence-corrected chi connectivity index (χ2v) is 4.58. The quantitative estimate of drug-likeness (QED) is 0.816. The third kappa shape index (κ3) is 3.06. The Morgan fingerprint density at radius 2 is 2.35 bits per heavy atom. The molecule has 0 spiro atoms. The van der Waals surface area contributed by atoms with E-state index in [1.165, 1.54) is 12.8 Å². The van der Waals surface area contributed by atoms with Gasteiger partial charge >= 0.3 is 0 Å². The number of hydrogen-bond acceptors (Lipinski definition) is 5. The van der Waals surface area contributed by atoms with Gasteiger partial charge in [0, 0.05) is 32.7 Å². The molecule has 5 heteroatoms. The van der Waals surface area contributed by atoms with Gasteiger partial charge in [0.25, 0.3) is 0 Å². The summed E-state index contributed by atoms with van der Waals surface area (Å²) < 4.78 is 0. The molecule has 2 heterocycles. The summed E-state index contributed by atoms with van der Waals surface area (Å²) in [4.78, 5) is 11.0. The molecule has 1 atom stereocenters. The number of hydrogen-bond donors (Lipinski definition) is 2. The van der Waals surface area contributed by atoms with Crippen LogP contribution in [0.25, 0.3) is 0 Å². The van der Waals surface area contributed by atoms with E-state index in [0.29, 0.717) is 6.04 Å². The van der Waals surface area contributed by atoms with Crippen LogP contribution < -0.4 is 15.5 Å². The fourth-order valence-electron chi connectivity index (χ4n) is 2.21. The fraction of sp³-hybridized carbons (Fsp3) is 0.667. The summed E-state index contributed by atoms with van der Waals surface area (Å²) in [7, 11) is 3.96. The highest BCUT2D eigenvalue weighted by Gasteiger charge is 2.17. The van der Waals surface area contributed by atoms with Crippen molar-refractivity contribution in [3.05, 3.63) is 11.9 Å². The summed E-state index contributed by atoms with van der Waals surface area (Å²) in [6.07, 6.45) is 2.54. The average molecular weight is 235 g/mol. The summed E-state index contributed by atoms with van der Waals surface area (Å²) in [5.41, 5.74) is 0. The number of nitrogens with zero attached hydrogens (tertiary/aromatic N) is 3. The van der Waals surface area contributed by atoms with E-state index in [0.717, 1.165) is 30.5 Å². The SMILES string of the molecule is CNc1cc(N(C)CC2CCCN2)nc(C)n1. The Bertz CT molecular complexity index is 373. The number of nitrogens with one attached hydrogen (secondary N) is 2. The molecular formula is C12H21N5. The summed E-state index contributed by atoms with van der Waals surface area (Å²) in [5, 5.41) is 6.56. The monoisotopic (exact) mass is 235 g/mol. The Morgan fingerprint density at radius 1 is 1.53 bits per heavy atom. The van der Waals surface area contributed by atoms with Crippen molar-refractivity contribution in [3.8, 4) is 0 Å². The molecule has 1 unspecified atom stereocenters. The predicted molar refractivity (Wildman–Crippen MR) is 70.6 cm³/mol. The molecule has 2 N–H and O–H groups in total. The van der Waals surface area contributed by atoms with Crippen LogP contribution in [0.3, 0.4) is 0 Å². The largest absolute Gasteiger partial charge is 0.373 e. The number of likely N-dealkylation sites (N-methyl/N-ethyl adjacent to an activating group) is 1. The van der Waals surface area contributed by atoms with Gasteiger partial charge in [0.2, 0.25) is 0 Å². The Balaban J connectivity index is 2.06. The van der Waals surface area contributed by atoms with E-state index in [2.05, 4.69) is 32.5 Å². The van der Waals surface area contributed by atoms with E-state index < -0.39 is 0 Å². The molecule has 94 valence electrons. The van der Waals surface area contributed by atoms with Crippen molar-refractivity contribution in [1.82, 2.24) is 15.3 Å². The molecule has 1 aliphatic rings. The van der Waals surface area contributed by atoms with Gasteiger partial charge in [0.1, 0.15) is 17.5 Å². The normalized spacial score (nSPS) is 19.4. The summed E-state index contributed by atoms with van der Waals surface area (Å²) >= 11 is 0. The van der Waals surface area contributed by atoms with Gasteiger partial charge in [-0.2, -0.15) is 0 Å². The van der Waals surface area contributed by atoms with Gasteiger partial charge in [0.05, 0.1) is 0 Å². The molecular weight excluding hydrogens is 214 g/mol. The van der Waals surface area contributed by atoms with Gasteiger partial charge in [0.15, 0.2) is 0 Å². The van der Waals surface area contributed by atoms with Crippen molar-refractivity contribution in [1.29, 1.82) is 0 Å². The molecule has 17 heavy (non-hydrogen) atoms. The van der Waals surface area contributed by atoms with E-state index in [9.17, 15) is 0 Å². The fourth-order valence-corrected chi connectivity index (χ4v) is 2.21. The topological polar surface area (TPSA) is 53.1 Å². The number of anilines is 2. The van der Waals surface area contributed by atoms with Crippen molar-refractivity contribution >= 4 is 11.6 Å². The molecule has 0 saturated carbocycles. The van der Waals surface area contributed by atoms with Gasteiger partial charge in [-0.1, -0.05) is 0 Å². The highest BCUT2D eigenvalue weighted by molar-refractivity contribution is 5.48. The Morgan fingerprint density at radius 3 is 3.00 bits per heavy atom. The van der Waals surface area contributed by atoms with Crippen LogP contribution in [0.5, 0.6) is 0 Å². The summed E-state index contributed by atoms with van der Waals surface area (Å²) in [6.45, 7) is 4.06. The smallest absolute Gasteiger partial charge is 0.134 e. The van der Waals surface area contributed by atoms with E-state index in [-0.39, 0.29) is 0 Å². The first-order chi connectivity index (χ1) is 8.19. The average Bonchev–Trinajstić information content (AvgIpc) is 2.81. The van der Waals surface area contributed by atoms with Crippen LogP contribution in [0.2, 0.25) is 0 Å². The number of aromatic nitrogens is 2. The maximum atomic E-state index is 4.47. The first-order valence-corrected chi connectivity index (χ1v) is 6.17.